The van der Waals surface area contributed by atoms with Crippen LogP contribution >= 0.6 is 23.2 Å². The summed E-state index contributed by atoms with van der Waals surface area (Å²) in [5.74, 6) is 0.294. The van der Waals surface area contributed by atoms with Crippen LogP contribution in [0.1, 0.15) is 24.8 Å². The molecule has 136 valence electrons. The molecule has 1 heterocycles. The number of pyridine rings is 1. The lowest BCUT2D eigenvalue weighted by atomic mass is 10.1. The Labute approximate surface area is 158 Å². The van der Waals surface area contributed by atoms with Crippen LogP contribution in [0.3, 0.4) is 0 Å². The van der Waals surface area contributed by atoms with E-state index in [2.05, 4.69) is 11.6 Å². The Balaban J connectivity index is 1.93. The van der Waals surface area contributed by atoms with E-state index in [1.54, 1.807) is 25.6 Å². The van der Waals surface area contributed by atoms with Gasteiger partial charge in [-0.3, -0.25) is 4.98 Å². The normalized spacial score (nSPS) is 16.6. The first-order chi connectivity index (χ1) is 12.0. The lowest BCUT2D eigenvalue weighted by molar-refractivity contribution is 0.105. The van der Waals surface area contributed by atoms with Crippen LogP contribution in [-0.2, 0) is 15.9 Å². The van der Waals surface area contributed by atoms with Crippen molar-refractivity contribution in [2.45, 2.75) is 31.8 Å². The summed E-state index contributed by atoms with van der Waals surface area (Å²) in [5.41, 5.74) is 0.772. The highest BCUT2D eigenvalue weighted by molar-refractivity contribution is 6.35. The van der Waals surface area contributed by atoms with Crippen molar-refractivity contribution in [3.63, 3.8) is 0 Å². The second kappa shape index (κ2) is 9.95. The number of halogens is 3. The molecule has 0 aliphatic heterocycles. The van der Waals surface area contributed by atoms with Gasteiger partial charge in [0, 0.05) is 25.9 Å². The van der Waals surface area contributed by atoms with Gasteiger partial charge in [-0.15, -0.1) is 0 Å². The minimum Gasteiger partial charge on any atom is -0.490 e. The molecule has 1 aromatic heterocycles. The van der Waals surface area contributed by atoms with Crippen LogP contribution in [0.15, 0.2) is 48.8 Å². The van der Waals surface area contributed by atoms with Gasteiger partial charge >= 0.3 is 0 Å². The highest BCUT2D eigenvalue weighted by Crippen LogP contribution is 2.30. The summed E-state index contributed by atoms with van der Waals surface area (Å²) in [6.07, 6.45) is 10.7. The number of hydrogen-bond donors (Lipinski definition) is 0. The van der Waals surface area contributed by atoms with E-state index in [0.717, 1.165) is 18.4 Å². The van der Waals surface area contributed by atoms with Gasteiger partial charge in [-0.05, 0) is 42.9 Å². The fourth-order valence-corrected chi connectivity index (χ4v) is 2.77. The number of nitrogens with zero attached hydrogens (tertiary/aromatic N) is 1. The molecule has 1 aliphatic rings. The van der Waals surface area contributed by atoms with E-state index in [1.807, 2.05) is 0 Å². The van der Waals surface area contributed by atoms with E-state index in [0.29, 0.717) is 35.4 Å². The summed E-state index contributed by atoms with van der Waals surface area (Å²) < 4.78 is 25.0. The maximum absolute atomic E-state index is 14.2. The predicted molar refractivity (Wildman–Crippen MR) is 99.5 cm³/mol. The highest BCUT2D eigenvalue weighted by Gasteiger charge is 2.22. The van der Waals surface area contributed by atoms with E-state index in [9.17, 15) is 4.39 Å². The molecule has 0 N–H and O–H groups in total. The molecule has 0 spiro atoms. The lowest BCUT2D eigenvalue weighted by Crippen LogP contribution is -2.13. The smallest absolute Gasteiger partial charge is 0.164 e. The SMILES string of the molecule is C=C/C(OCC1CC1)=C(F)\C=C/CC(Cc1c(Cl)cncc1Cl)OC. The van der Waals surface area contributed by atoms with Crippen LogP contribution in [0, 0.1) is 5.92 Å². The molecule has 2 rings (SSSR count). The number of aromatic nitrogens is 1. The molecule has 3 nitrogen and oxygen atoms in total. The first-order valence-electron chi connectivity index (χ1n) is 8.17. The Kier molecular flexibility index (Phi) is 7.94. The Morgan fingerprint density at radius 1 is 1.40 bits per heavy atom. The molecule has 1 aromatic rings. The summed E-state index contributed by atoms with van der Waals surface area (Å²) in [6.45, 7) is 4.14. The van der Waals surface area contributed by atoms with Crippen LogP contribution in [0.4, 0.5) is 4.39 Å². The maximum atomic E-state index is 14.2. The third kappa shape index (κ3) is 6.46. The van der Waals surface area contributed by atoms with Crippen LogP contribution < -0.4 is 0 Å². The molecule has 1 atom stereocenters. The molecule has 1 aliphatic carbocycles. The van der Waals surface area contributed by atoms with Gasteiger partial charge in [0.1, 0.15) is 0 Å². The molecule has 1 unspecified atom stereocenters. The zero-order valence-corrected chi connectivity index (χ0v) is 15.7. The summed E-state index contributed by atoms with van der Waals surface area (Å²) in [6, 6.07) is 0. The van der Waals surface area contributed by atoms with Gasteiger partial charge in [0.25, 0.3) is 0 Å². The highest BCUT2D eigenvalue weighted by atomic mass is 35.5. The molecular weight excluding hydrogens is 364 g/mol. The third-order valence-corrected chi connectivity index (χ3v) is 4.62. The second-order valence-corrected chi connectivity index (χ2v) is 6.77. The van der Waals surface area contributed by atoms with E-state index < -0.39 is 5.83 Å². The van der Waals surface area contributed by atoms with Gasteiger partial charge < -0.3 is 9.47 Å². The van der Waals surface area contributed by atoms with Crippen LogP contribution in [0.25, 0.3) is 0 Å². The summed E-state index contributed by atoms with van der Waals surface area (Å²) in [7, 11) is 1.60. The van der Waals surface area contributed by atoms with Crippen molar-refractivity contribution in [2.24, 2.45) is 5.92 Å². The predicted octanol–water partition coefficient (Wildman–Crippen LogP) is 5.69. The molecule has 0 radical (unpaired) electrons. The minimum atomic E-state index is -0.439. The molecule has 0 aromatic carbocycles. The van der Waals surface area contributed by atoms with E-state index in [4.69, 9.17) is 32.7 Å². The zero-order chi connectivity index (χ0) is 18.2. The fraction of sp³-hybridized carbons (Fsp3) is 0.421. The van der Waals surface area contributed by atoms with Gasteiger partial charge in [-0.1, -0.05) is 35.9 Å². The molecule has 0 saturated heterocycles. The topological polar surface area (TPSA) is 31.4 Å². The average Bonchev–Trinajstić information content (AvgIpc) is 3.41. The minimum absolute atomic E-state index is 0.178. The number of hydrogen-bond acceptors (Lipinski definition) is 3. The summed E-state index contributed by atoms with van der Waals surface area (Å²) in [4.78, 5) is 3.93. The maximum Gasteiger partial charge on any atom is 0.164 e. The fourth-order valence-electron chi connectivity index (χ4n) is 2.25. The molecule has 0 amide bonds. The first kappa shape index (κ1) is 20.0. The van der Waals surface area contributed by atoms with Crippen molar-refractivity contribution in [3.8, 4) is 0 Å². The zero-order valence-electron chi connectivity index (χ0n) is 14.2. The lowest BCUT2D eigenvalue weighted by Gasteiger charge is -2.15. The number of ether oxygens (including phenoxy) is 2. The van der Waals surface area contributed by atoms with Gasteiger partial charge in [0.05, 0.1) is 22.8 Å². The first-order valence-corrected chi connectivity index (χ1v) is 8.93. The molecule has 25 heavy (non-hydrogen) atoms. The molecule has 0 bridgehead atoms. The Hall–Kier alpha value is -1.36. The Morgan fingerprint density at radius 2 is 2.08 bits per heavy atom. The number of allylic oxidation sites excluding steroid dienone is 3. The van der Waals surface area contributed by atoms with Crippen molar-refractivity contribution in [2.75, 3.05) is 13.7 Å². The van der Waals surface area contributed by atoms with Crippen molar-refractivity contribution >= 4 is 23.2 Å². The van der Waals surface area contributed by atoms with Crippen LogP contribution in [-0.4, -0.2) is 24.8 Å². The molecule has 6 heteroatoms. The van der Waals surface area contributed by atoms with Crippen molar-refractivity contribution in [1.29, 1.82) is 0 Å². The Bertz CT molecular complexity index is 637. The van der Waals surface area contributed by atoms with Gasteiger partial charge in [-0.2, -0.15) is 0 Å². The average molecular weight is 386 g/mol. The second-order valence-electron chi connectivity index (χ2n) is 5.95. The van der Waals surface area contributed by atoms with Gasteiger partial charge in [-0.25, -0.2) is 4.39 Å². The van der Waals surface area contributed by atoms with Crippen molar-refractivity contribution in [3.05, 3.63) is 64.4 Å². The largest absolute Gasteiger partial charge is 0.490 e. The number of methoxy groups -OCH3 is 1. The third-order valence-electron chi connectivity index (χ3n) is 3.97. The van der Waals surface area contributed by atoms with Gasteiger partial charge in [0.2, 0.25) is 0 Å². The molecular formula is C19H22Cl2FNO2. The van der Waals surface area contributed by atoms with Crippen LogP contribution in [0.5, 0.6) is 0 Å². The van der Waals surface area contributed by atoms with Crippen molar-refractivity contribution in [1.82, 2.24) is 4.98 Å². The van der Waals surface area contributed by atoms with Crippen LogP contribution in [0.2, 0.25) is 10.0 Å². The van der Waals surface area contributed by atoms with E-state index in [-0.39, 0.29) is 11.9 Å². The van der Waals surface area contributed by atoms with Crippen molar-refractivity contribution < 1.29 is 13.9 Å². The molecule has 1 saturated carbocycles. The monoisotopic (exact) mass is 385 g/mol. The number of rotatable bonds is 10. The molecule has 1 fully saturated rings. The van der Waals surface area contributed by atoms with Gasteiger partial charge in [0.15, 0.2) is 11.6 Å². The quantitative estimate of drug-likeness (QED) is 0.383. The standard InChI is InChI=1S/C19H22Cl2FNO2/c1-3-19(25-12-13-7-8-13)18(22)6-4-5-14(24-2)9-15-16(20)10-23-11-17(15)21/h3-4,6,10-11,13-14H,1,5,7-9,12H2,2H3/b6-4-,19-18-. The summed E-state index contributed by atoms with van der Waals surface area (Å²) in [5, 5.41) is 0.985. The van der Waals surface area contributed by atoms with E-state index >= 15 is 0 Å². The van der Waals surface area contributed by atoms with E-state index in [1.165, 1.54) is 12.2 Å². The Morgan fingerprint density at radius 3 is 2.64 bits per heavy atom. The summed E-state index contributed by atoms with van der Waals surface area (Å²) >= 11 is 12.3.